The summed E-state index contributed by atoms with van der Waals surface area (Å²) in [5.41, 5.74) is 0. The van der Waals surface area contributed by atoms with Crippen molar-refractivity contribution in [2.75, 3.05) is 6.54 Å². The normalized spacial score (nSPS) is 39.5. The van der Waals surface area contributed by atoms with E-state index in [1.165, 1.54) is 25.7 Å². The lowest BCUT2D eigenvalue weighted by Crippen LogP contribution is -2.35. The number of fused-ring (bicyclic) bond motifs is 1. The lowest BCUT2D eigenvalue weighted by atomic mass is 9.87. The van der Waals surface area contributed by atoms with Crippen LogP contribution in [0.5, 0.6) is 0 Å². The highest BCUT2D eigenvalue weighted by molar-refractivity contribution is 5.74. The van der Waals surface area contributed by atoms with Gasteiger partial charge in [0, 0.05) is 0 Å². The maximum absolute atomic E-state index is 10.9. The van der Waals surface area contributed by atoms with Gasteiger partial charge in [0.1, 0.15) is 6.04 Å². The van der Waals surface area contributed by atoms with Crippen molar-refractivity contribution in [3.63, 3.8) is 0 Å². The Morgan fingerprint density at radius 1 is 1.23 bits per heavy atom. The minimum atomic E-state index is -0.658. The minimum Gasteiger partial charge on any atom is -0.480 e. The summed E-state index contributed by atoms with van der Waals surface area (Å²) in [5.74, 6) is 0.373. The molecule has 13 heavy (non-hydrogen) atoms. The summed E-state index contributed by atoms with van der Waals surface area (Å²) in [6.07, 6.45) is 6.12. The highest BCUT2D eigenvalue weighted by Gasteiger charge is 2.39. The van der Waals surface area contributed by atoms with Crippen LogP contribution in [0.15, 0.2) is 0 Å². The van der Waals surface area contributed by atoms with E-state index in [9.17, 15) is 4.79 Å². The molecule has 1 heterocycles. The summed E-state index contributed by atoms with van der Waals surface area (Å²) >= 11 is 0. The fourth-order valence-corrected chi connectivity index (χ4v) is 2.81. The van der Waals surface area contributed by atoms with Gasteiger partial charge in [-0.3, -0.25) is 4.79 Å². The number of carbonyl (C=O) groups is 1. The molecule has 0 aromatic heterocycles. The molecule has 2 N–H and O–H groups in total. The molecule has 0 bridgehead atoms. The molecular formula is C10H17NO2. The molecule has 0 spiro atoms. The van der Waals surface area contributed by atoms with E-state index in [2.05, 4.69) is 5.32 Å². The van der Waals surface area contributed by atoms with Gasteiger partial charge >= 0.3 is 5.97 Å². The summed E-state index contributed by atoms with van der Waals surface area (Å²) in [7, 11) is 0. The average molecular weight is 183 g/mol. The summed E-state index contributed by atoms with van der Waals surface area (Å²) < 4.78 is 0. The summed E-state index contributed by atoms with van der Waals surface area (Å²) in [5, 5.41) is 12.1. The third-order valence-electron chi connectivity index (χ3n) is 3.51. The molecule has 0 radical (unpaired) electrons. The summed E-state index contributed by atoms with van der Waals surface area (Å²) in [6, 6.07) is -0.261. The van der Waals surface area contributed by atoms with E-state index >= 15 is 0 Å². The second kappa shape index (κ2) is 3.66. The Balaban J connectivity index is 2.06. The SMILES string of the molecule is O=C(O)C1NCC2CCCCCC21. The first-order valence-corrected chi connectivity index (χ1v) is 5.25. The van der Waals surface area contributed by atoms with Gasteiger partial charge in [-0.2, -0.15) is 0 Å². The highest BCUT2D eigenvalue weighted by atomic mass is 16.4. The van der Waals surface area contributed by atoms with Crippen molar-refractivity contribution < 1.29 is 9.90 Å². The molecule has 3 unspecified atom stereocenters. The Bertz CT molecular complexity index is 205. The van der Waals surface area contributed by atoms with Crippen LogP contribution in [0.3, 0.4) is 0 Å². The van der Waals surface area contributed by atoms with Crippen LogP contribution in [-0.2, 0) is 4.79 Å². The predicted octanol–water partition coefficient (Wildman–Crippen LogP) is 1.24. The number of nitrogens with one attached hydrogen (secondary N) is 1. The fraction of sp³-hybridized carbons (Fsp3) is 0.900. The Morgan fingerprint density at radius 2 is 2.00 bits per heavy atom. The molecule has 1 aliphatic heterocycles. The number of hydrogen-bond donors (Lipinski definition) is 2. The molecule has 3 heteroatoms. The van der Waals surface area contributed by atoms with Gasteiger partial charge in [0.05, 0.1) is 0 Å². The monoisotopic (exact) mass is 183 g/mol. The highest BCUT2D eigenvalue weighted by Crippen LogP contribution is 2.34. The second-order valence-electron chi connectivity index (χ2n) is 4.29. The van der Waals surface area contributed by atoms with E-state index in [0.717, 1.165) is 13.0 Å². The molecule has 2 aliphatic rings. The van der Waals surface area contributed by atoms with Crippen molar-refractivity contribution in [2.24, 2.45) is 11.8 Å². The van der Waals surface area contributed by atoms with Crippen molar-refractivity contribution in [1.82, 2.24) is 5.32 Å². The zero-order valence-electron chi connectivity index (χ0n) is 7.83. The van der Waals surface area contributed by atoms with Crippen LogP contribution in [0, 0.1) is 11.8 Å². The van der Waals surface area contributed by atoms with E-state index in [0.29, 0.717) is 11.8 Å². The van der Waals surface area contributed by atoms with Crippen molar-refractivity contribution >= 4 is 5.97 Å². The van der Waals surface area contributed by atoms with E-state index < -0.39 is 5.97 Å². The molecular weight excluding hydrogens is 166 g/mol. The molecule has 0 aromatic carbocycles. The first-order valence-electron chi connectivity index (χ1n) is 5.25. The van der Waals surface area contributed by atoms with Gasteiger partial charge in [0.2, 0.25) is 0 Å². The smallest absolute Gasteiger partial charge is 0.320 e. The van der Waals surface area contributed by atoms with Crippen LogP contribution < -0.4 is 5.32 Å². The zero-order chi connectivity index (χ0) is 9.26. The van der Waals surface area contributed by atoms with Gasteiger partial charge < -0.3 is 10.4 Å². The Labute approximate surface area is 78.5 Å². The first-order chi connectivity index (χ1) is 6.29. The topological polar surface area (TPSA) is 49.3 Å². The van der Waals surface area contributed by atoms with E-state index in [1.54, 1.807) is 0 Å². The Hall–Kier alpha value is -0.570. The quantitative estimate of drug-likeness (QED) is 0.643. The van der Waals surface area contributed by atoms with Crippen LogP contribution in [0.25, 0.3) is 0 Å². The number of hydrogen-bond acceptors (Lipinski definition) is 2. The lowest BCUT2D eigenvalue weighted by Gasteiger charge is -2.18. The third-order valence-corrected chi connectivity index (χ3v) is 3.51. The van der Waals surface area contributed by atoms with Gasteiger partial charge in [-0.25, -0.2) is 0 Å². The molecule has 2 fully saturated rings. The number of aliphatic carboxylic acids is 1. The summed E-state index contributed by atoms with van der Waals surface area (Å²) in [6.45, 7) is 0.918. The lowest BCUT2D eigenvalue weighted by molar-refractivity contribution is -0.140. The molecule has 3 atom stereocenters. The second-order valence-corrected chi connectivity index (χ2v) is 4.29. The van der Waals surface area contributed by atoms with Gasteiger partial charge in [0.15, 0.2) is 0 Å². The zero-order valence-corrected chi connectivity index (χ0v) is 7.83. The number of carboxylic acids is 1. The molecule has 2 rings (SSSR count). The molecule has 74 valence electrons. The van der Waals surface area contributed by atoms with E-state index in [4.69, 9.17) is 5.11 Å². The van der Waals surface area contributed by atoms with Gasteiger partial charge in [-0.05, 0) is 31.2 Å². The van der Waals surface area contributed by atoms with Crippen LogP contribution in [0.4, 0.5) is 0 Å². The van der Waals surface area contributed by atoms with Gasteiger partial charge in [0.25, 0.3) is 0 Å². The molecule has 0 aromatic rings. The maximum atomic E-state index is 10.9. The van der Waals surface area contributed by atoms with Crippen molar-refractivity contribution in [2.45, 2.75) is 38.1 Å². The van der Waals surface area contributed by atoms with E-state index in [-0.39, 0.29) is 6.04 Å². The molecule has 1 saturated heterocycles. The van der Waals surface area contributed by atoms with Crippen molar-refractivity contribution in [3.05, 3.63) is 0 Å². The van der Waals surface area contributed by atoms with Crippen LogP contribution in [0.2, 0.25) is 0 Å². The molecule has 1 aliphatic carbocycles. The van der Waals surface area contributed by atoms with Gasteiger partial charge in [-0.1, -0.05) is 19.3 Å². The Kier molecular flexibility index (Phi) is 2.54. The molecule has 3 nitrogen and oxygen atoms in total. The third kappa shape index (κ3) is 1.70. The van der Waals surface area contributed by atoms with Crippen LogP contribution >= 0.6 is 0 Å². The fourth-order valence-electron chi connectivity index (χ4n) is 2.81. The van der Waals surface area contributed by atoms with Crippen molar-refractivity contribution in [1.29, 1.82) is 0 Å². The predicted molar refractivity (Wildman–Crippen MR) is 49.5 cm³/mol. The van der Waals surface area contributed by atoms with E-state index in [1.807, 2.05) is 0 Å². The molecule has 1 saturated carbocycles. The summed E-state index contributed by atoms with van der Waals surface area (Å²) in [4.78, 5) is 10.9. The number of carboxylic acid groups (broad SMARTS) is 1. The largest absolute Gasteiger partial charge is 0.480 e. The first kappa shape index (κ1) is 9.00. The van der Waals surface area contributed by atoms with Crippen molar-refractivity contribution in [3.8, 4) is 0 Å². The number of rotatable bonds is 1. The maximum Gasteiger partial charge on any atom is 0.320 e. The van der Waals surface area contributed by atoms with Crippen LogP contribution in [0.1, 0.15) is 32.1 Å². The van der Waals surface area contributed by atoms with Crippen LogP contribution in [-0.4, -0.2) is 23.7 Å². The standard InChI is InChI=1S/C10H17NO2/c12-10(13)9-8-5-3-1-2-4-7(8)6-11-9/h7-9,11H,1-6H2,(H,12,13). The van der Waals surface area contributed by atoms with Gasteiger partial charge in [-0.15, -0.1) is 0 Å². The Morgan fingerprint density at radius 3 is 2.77 bits per heavy atom. The average Bonchev–Trinajstić information content (AvgIpc) is 2.36. The minimum absolute atomic E-state index is 0.261. The molecule has 0 amide bonds.